The summed E-state index contributed by atoms with van der Waals surface area (Å²) in [4.78, 5) is 0. The fraction of sp³-hybridized carbons (Fsp3) is 0.364. The molecule has 0 saturated heterocycles. The summed E-state index contributed by atoms with van der Waals surface area (Å²) in [7, 11) is -2.07. The van der Waals surface area contributed by atoms with E-state index < -0.39 is 8.32 Å². The summed E-state index contributed by atoms with van der Waals surface area (Å²) in [6.45, 7) is 4.79. The van der Waals surface area contributed by atoms with Crippen LogP contribution in [0.15, 0.2) is 73.3 Å². The third-order valence-corrected chi connectivity index (χ3v) is 10.1. The van der Waals surface area contributed by atoms with Gasteiger partial charge in [0.05, 0.1) is 6.61 Å². The fourth-order valence-electron chi connectivity index (χ4n) is 4.07. The molecule has 126 valence electrons. The Morgan fingerprint density at radius 2 is 1.54 bits per heavy atom. The molecule has 2 aromatic rings. The summed E-state index contributed by atoms with van der Waals surface area (Å²) >= 11 is 0. The molecular formula is C22H28OSi. The molecule has 2 aromatic carbocycles. The summed E-state index contributed by atoms with van der Waals surface area (Å²) in [5, 5.41) is 1.44. The van der Waals surface area contributed by atoms with Crippen molar-refractivity contribution in [3.8, 4) is 0 Å². The Balaban J connectivity index is 1.92. The summed E-state index contributed by atoms with van der Waals surface area (Å²) in [5.41, 5.74) is 1.97. The summed E-state index contributed by atoms with van der Waals surface area (Å²) in [6, 6.07) is 22.6. The van der Waals surface area contributed by atoms with Gasteiger partial charge in [-0.05, 0) is 22.3 Å². The molecule has 0 radical (unpaired) electrons. The molecule has 24 heavy (non-hydrogen) atoms. The van der Waals surface area contributed by atoms with Gasteiger partial charge in [-0.25, -0.2) is 0 Å². The van der Waals surface area contributed by atoms with Crippen LogP contribution in [-0.2, 0) is 11.0 Å². The van der Waals surface area contributed by atoms with E-state index in [1.165, 1.54) is 42.9 Å². The molecule has 2 heteroatoms. The third-order valence-electron chi connectivity index (χ3n) is 5.31. The first-order valence-corrected chi connectivity index (χ1v) is 11.4. The number of hydrogen-bond acceptors (Lipinski definition) is 1. The van der Waals surface area contributed by atoms with Crippen LogP contribution >= 0.6 is 0 Å². The second-order valence-corrected chi connectivity index (χ2v) is 10.7. The highest BCUT2D eigenvalue weighted by molar-refractivity contribution is 6.88. The van der Waals surface area contributed by atoms with Crippen molar-refractivity contribution in [2.75, 3.05) is 0 Å². The first-order chi connectivity index (χ1) is 11.8. The lowest BCUT2D eigenvalue weighted by molar-refractivity contribution is 0.278. The van der Waals surface area contributed by atoms with E-state index in [9.17, 15) is 0 Å². The molecule has 1 saturated carbocycles. The number of rotatable bonds is 7. The van der Waals surface area contributed by atoms with E-state index in [4.69, 9.17) is 4.43 Å². The molecule has 0 heterocycles. The molecule has 0 bridgehead atoms. The van der Waals surface area contributed by atoms with E-state index >= 15 is 0 Å². The van der Waals surface area contributed by atoms with Crippen LogP contribution < -0.4 is 5.19 Å². The molecule has 1 aliphatic carbocycles. The fourth-order valence-corrected chi connectivity index (χ4v) is 8.58. The third kappa shape index (κ3) is 3.88. The van der Waals surface area contributed by atoms with Gasteiger partial charge >= 0.3 is 0 Å². The molecule has 1 nitrogen and oxygen atoms in total. The first kappa shape index (κ1) is 17.2. The van der Waals surface area contributed by atoms with Crippen molar-refractivity contribution in [2.45, 2.75) is 50.3 Å². The van der Waals surface area contributed by atoms with Crippen molar-refractivity contribution in [3.63, 3.8) is 0 Å². The minimum absolute atomic E-state index is 0.704. The highest BCUT2D eigenvalue weighted by Gasteiger charge is 2.44. The van der Waals surface area contributed by atoms with E-state index in [-0.39, 0.29) is 0 Å². The van der Waals surface area contributed by atoms with Gasteiger partial charge in [-0.1, -0.05) is 98.8 Å². The van der Waals surface area contributed by atoms with E-state index in [0.29, 0.717) is 12.1 Å². The zero-order chi connectivity index (χ0) is 16.7. The van der Waals surface area contributed by atoms with Crippen LogP contribution in [0.3, 0.4) is 0 Å². The Morgan fingerprint density at radius 1 is 0.917 bits per heavy atom. The quantitative estimate of drug-likeness (QED) is 0.474. The molecule has 3 rings (SSSR count). The van der Waals surface area contributed by atoms with Crippen LogP contribution in [0.4, 0.5) is 0 Å². The number of benzene rings is 2. The van der Waals surface area contributed by atoms with Gasteiger partial charge in [-0.15, -0.1) is 6.58 Å². The lowest BCUT2D eigenvalue weighted by Gasteiger charge is -2.40. The largest absolute Gasteiger partial charge is 0.408 e. The average molecular weight is 337 g/mol. The zero-order valence-corrected chi connectivity index (χ0v) is 15.5. The van der Waals surface area contributed by atoms with Crippen molar-refractivity contribution < 1.29 is 4.43 Å². The molecule has 0 spiro atoms. The van der Waals surface area contributed by atoms with Crippen LogP contribution in [0.1, 0.15) is 37.7 Å². The van der Waals surface area contributed by atoms with Gasteiger partial charge in [0, 0.05) is 0 Å². The highest BCUT2D eigenvalue weighted by atomic mass is 28.4. The number of allylic oxidation sites excluding steroid dienone is 1. The second kappa shape index (κ2) is 8.45. The SMILES string of the molecule is C=CC[Si](OCc1ccccc1)(c1ccccc1)C1CCCCC1. The average Bonchev–Trinajstić information content (AvgIpc) is 2.67. The molecule has 1 fully saturated rings. The predicted molar refractivity (Wildman–Crippen MR) is 105 cm³/mol. The highest BCUT2D eigenvalue weighted by Crippen LogP contribution is 2.40. The van der Waals surface area contributed by atoms with Gasteiger partial charge in [0.25, 0.3) is 0 Å². The standard InChI is InChI=1S/C22H28OSi/c1-2-18-24(21-14-8-4-9-15-21,22-16-10-5-11-17-22)23-19-20-12-6-3-7-13-20/h2-4,6-9,12-15,22H,1,5,10-11,16-19H2. The van der Waals surface area contributed by atoms with E-state index in [1.807, 2.05) is 0 Å². The van der Waals surface area contributed by atoms with E-state index in [2.05, 4.69) is 73.3 Å². The Hall–Kier alpha value is -1.64. The molecule has 1 unspecified atom stereocenters. The zero-order valence-electron chi connectivity index (χ0n) is 14.5. The summed E-state index contributed by atoms with van der Waals surface area (Å²) in [6.07, 6.45) is 8.78. The Labute approximate surface area is 147 Å². The molecular weight excluding hydrogens is 308 g/mol. The van der Waals surface area contributed by atoms with Crippen LogP contribution in [0.5, 0.6) is 0 Å². The Bertz CT molecular complexity index is 619. The maximum Gasteiger partial charge on any atom is 0.231 e. The topological polar surface area (TPSA) is 9.23 Å². The lowest BCUT2D eigenvalue weighted by Crippen LogP contribution is -2.54. The maximum atomic E-state index is 6.85. The molecule has 1 aliphatic rings. The molecule has 0 amide bonds. The Morgan fingerprint density at radius 3 is 2.17 bits per heavy atom. The van der Waals surface area contributed by atoms with Crippen molar-refractivity contribution >= 4 is 13.5 Å². The van der Waals surface area contributed by atoms with Crippen molar-refractivity contribution in [3.05, 3.63) is 78.9 Å². The first-order valence-electron chi connectivity index (χ1n) is 9.19. The Kier molecular flexibility index (Phi) is 6.05. The van der Waals surface area contributed by atoms with Gasteiger partial charge in [0.2, 0.25) is 8.32 Å². The van der Waals surface area contributed by atoms with Gasteiger partial charge in [0.15, 0.2) is 0 Å². The van der Waals surface area contributed by atoms with Crippen LogP contribution in [-0.4, -0.2) is 8.32 Å². The van der Waals surface area contributed by atoms with Crippen molar-refractivity contribution in [1.82, 2.24) is 0 Å². The molecule has 0 N–H and O–H groups in total. The van der Waals surface area contributed by atoms with Gasteiger partial charge in [-0.2, -0.15) is 0 Å². The lowest BCUT2D eigenvalue weighted by atomic mass is 10.0. The molecule has 1 atom stereocenters. The van der Waals surface area contributed by atoms with Crippen LogP contribution in [0, 0.1) is 0 Å². The smallest absolute Gasteiger partial charge is 0.231 e. The van der Waals surface area contributed by atoms with Crippen molar-refractivity contribution in [2.24, 2.45) is 0 Å². The van der Waals surface area contributed by atoms with Crippen molar-refractivity contribution in [1.29, 1.82) is 0 Å². The summed E-state index contributed by atoms with van der Waals surface area (Å²) in [5.74, 6) is 0. The van der Waals surface area contributed by atoms with Gasteiger partial charge in [0.1, 0.15) is 0 Å². The predicted octanol–water partition coefficient (Wildman–Crippen LogP) is 5.58. The maximum absolute atomic E-state index is 6.85. The molecule has 0 aromatic heterocycles. The minimum atomic E-state index is -2.07. The van der Waals surface area contributed by atoms with Crippen LogP contribution in [0.2, 0.25) is 11.6 Å². The monoisotopic (exact) mass is 336 g/mol. The normalized spacial score (nSPS) is 18.0. The van der Waals surface area contributed by atoms with Gasteiger partial charge < -0.3 is 4.43 Å². The molecule has 0 aliphatic heterocycles. The summed E-state index contributed by atoms with van der Waals surface area (Å²) < 4.78 is 6.85. The second-order valence-electron chi connectivity index (χ2n) is 6.86. The van der Waals surface area contributed by atoms with E-state index in [0.717, 1.165) is 6.04 Å². The number of hydrogen-bond donors (Lipinski definition) is 0. The van der Waals surface area contributed by atoms with E-state index in [1.54, 1.807) is 0 Å². The van der Waals surface area contributed by atoms with Gasteiger partial charge in [-0.3, -0.25) is 0 Å². The minimum Gasteiger partial charge on any atom is -0.408 e. The van der Waals surface area contributed by atoms with Crippen LogP contribution in [0.25, 0.3) is 0 Å².